The van der Waals surface area contributed by atoms with Crippen LogP contribution in [0.15, 0.2) is 29.2 Å². The Labute approximate surface area is 116 Å². The van der Waals surface area contributed by atoms with E-state index in [0.717, 1.165) is 10.5 Å². The highest BCUT2D eigenvalue weighted by Crippen LogP contribution is 2.36. The first-order valence-electron chi connectivity index (χ1n) is 6.26. The SMILES string of the molecule is CC(C)[C@@H](NC(=O)C1Cc2ccccc2S1)C(=O)O. The number of amides is 1. The zero-order valence-electron chi connectivity index (χ0n) is 10.9. The van der Waals surface area contributed by atoms with Crippen LogP contribution in [-0.2, 0) is 16.0 Å². The van der Waals surface area contributed by atoms with Gasteiger partial charge >= 0.3 is 5.97 Å². The molecule has 1 heterocycles. The van der Waals surface area contributed by atoms with Crippen molar-refractivity contribution < 1.29 is 14.7 Å². The molecule has 1 aliphatic rings. The van der Waals surface area contributed by atoms with E-state index in [9.17, 15) is 9.59 Å². The van der Waals surface area contributed by atoms with E-state index in [1.165, 1.54) is 11.8 Å². The fourth-order valence-electron chi connectivity index (χ4n) is 2.09. The minimum atomic E-state index is -0.983. The third kappa shape index (κ3) is 3.10. The quantitative estimate of drug-likeness (QED) is 0.884. The van der Waals surface area contributed by atoms with E-state index in [4.69, 9.17) is 5.11 Å². The van der Waals surface area contributed by atoms with Crippen molar-refractivity contribution in [3.8, 4) is 0 Å². The topological polar surface area (TPSA) is 66.4 Å². The van der Waals surface area contributed by atoms with Gasteiger partial charge in [0, 0.05) is 4.90 Å². The highest BCUT2D eigenvalue weighted by atomic mass is 32.2. The standard InChI is InChI=1S/C14H17NO3S/c1-8(2)12(14(17)18)15-13(16)11-7-9-5-3-4-6-10(9)19-11/h3-6,8,11-12H,7H2,1-2H3,(H,15,16)(H,17,18)/t11?,12-/m1/s1. The number of hydrogen-bond donors (Lipinski definition) is 2. The molecule has 1 amide bonds. The lowest BCUT2D eigenvalue weighted by atomic mass is 10.0. The molecule has 1 aromatic carbocycles. The number of fused-ring (bicyclic) bond motifs is 1. The molecular formula is C14H17NO3S. The van der Waals surface area contributed by atoms with Gasteiger partial charge in [-0.1, -0.05) is 32.0 Å². The van der Waals surface area contributed by atoms with Crippen molar-refractivity contribution in [2.75, 3.05) is 0 Å². The van der Waals surface area contributed by atoms with Crippen molar-refractivity contribution >= 4 is 23.6 Å². The van der Waals surface area contributed by atoms with Gasteiger partial charge in [0.25, 0.3) is 0 Å². The van der Waals surface area contributed by atoms with Gasteiger partial charge in [-0.15, -0.1) is 11.8 Å². The van der Waals surface area contributed by atoms with Crippen LogP contribution in [0.25, 0.3) is 0 Å². The van der Waals surface area contributed by atoms with Crippen LogP contribution in [-0.4, -0.2) is 28.3 Å². The number of aliphatic carboxylic acids is 1. The number of thioether (sulfide) groups is 1. The molecule has 2 rings (SSSR count). The van der Waals surface area contributed by atoms with E-state index in [0.29, 0.717) is 6.42 Å². The largest absolute Gasteiger partial charge is 0.480 e. The van der Waals surface area contributed by atoms with Crippen LogP contribution in [0.2, 0.25) is 0 Å². The number of nitrogens with one attached hydrogen (secondary N) is 1. The molecule has 5 heteroatoms. The number of carboxylic acid groups (broad SMARTS) is 1. The lowest BCUT2D eigenvalue weighted by Gasteiger charge is -2.19. The predicted molar refractivity (Wildman–Crippen MR) is 74.2 cm³/mol. The summed E-state index contributed by atoms with van der Waals surface area (Å²) >= 11 is 1.50. The van der Waals surface area contributed by atoms with Gasteiger partial charge < -0.3 is 10.4 Å². The fraction of sp³-hybridized carbons (Fsp3) is 0.429. The minimum absolute atomic E-state index is 0.129. The maximum absolute atomic E-state index is 12.1. The Kier molecular flexibility index (Phi) is 4.14. The summed E-state index contributed by atoms with van der Waals surface area (Å²) in [6.45, 7) is 3.57. The van der Waals surface area contributed by atoms with Gasteiger partial charge in [0.1, 0.15) is 6.04 Å². The molecule has 0 radical (unpaired) electrons. The van der Waals surface area contributed by atoms with E-state index >= 15 is 0 Å². The molecule has 2 atom stereocenters. The molecular weight excluding hydrogens is 262 g/mol. The third-order valence-corrected chi connectivity index (χ3v) is 4.49. The first-order chi connectivity index (χ1) is 8.99. The Morgan fingerprint density at radius 1 is 1.37 bits per heavy atom. The molecule has 0 saturated carbocycles. The van der Waals surface area contributed by atoms with Crippen molar-refractivity contribution in [3.63, 3.8) is 0 Å². The lowest BCUT2D eigenvalue weighted by molar-refractivity contribution is -0.143. The zero-order chi connectivity index (χ0) is 14.0. The summed E-state index contributed by atoms with van der Waals surface area (Å²) in [4.78, 5) is 24.3. The normalized spacial score (nSPS) is 19.0. The average Bonchev–Trinajstić information content (AvgIpc) is 2.78. The highest BCUT2D eigenvalue weighted by molar-refractivity contribution is 8.01. The van der Waals surface area contributed by atoms with Crippen LogP contribution < -0.4 is 5.32 Å². The van der Waals surface area contributed by atoms with Crippen molar-refractivity contribution in [1.29, 1.82) is 0 Å². The van der Waals surface area contributed by atoms with Crippen LogP contribution in [0, 0.1) is 5.92 Å². The molecule has 102 valence electrons. The number of benzene rings is 1. The molecule has 19 heavy (non-hydrogen) atoms. The summed E-state index contributed by atoms with van der Waals surface area (Å²) in [7, 11) is 0. The number of carboxylic acids is 1. The molecule has 4 nitrogen and oxygen atoms in total. The zero-order valence-corrected chi connectivity index (χ0v) is 11.7. The van der Waals surface area contributed by atoms with Gasteiger partial charge in [0.15, 0.2) is 0 Å². The van der Waals surface area contributed by atoms with Crippen molar-refractivity contribution in [3.05, 3.63) is 29.8 Å². The Hall–Kier alpha value is -1.49. The van der Waals surface area contributed by atoms with E-state index < -0.39 is 12.0 Å². The van der Waals surface area contributed by atoms with Gasteiger partial charge in [0.05, 0.1) is 5.25 Å². The number of hydrogen-bond acceptors (Lipinski definition) is 3. The van der Waals surface area contributed by atoms with Crippen LogP contribution in [0.4, 0.5) is 0 Å². The summed E-state index contributed by atoms with van der Waals surface area (Å²) in [6.07, 6.45) is 0.664. The molecule has 1 unspecified atom stereocenters. The summed E-state index contributed by atoms with van der Waals surface area (Å²) in [5.74, 6) is -1.30. The van der Waals surface area contributed by atoms with Gasteiger partial charge in [-0.3, -0.25) is 4.79 Å². The number of rotatable bonds is 4. The molecule has 0 fully saturated rings. The Balaban J connectivity index is 2.01. The Morgan fingerprint density at radius 2 is 2.05 bits per heavy atom. The molecule has 1 aliphatic heterocycles. The fourth-order valence-corrected chi connectivity index (χ4v) is 3.29. The summed E-state index contributed by atoms with van der Waals surface area (Å²) in [5, 5.41) is 11.5. The maximum atomic E-state index is 12.1. The first kappa shape index (κ1) is 13.9. The second-order valence-electron chi connectivity index (χ2n) is 4.99. The maximum Gasteiger partial charge on any atom is 0.326 e. The average molecular weight is 279 g/mol. The van der Waals surface area contributed by atoms with Crippen molar-refractivity contribution in [2.24, 2.45) is 5.92 Å². The van der Waals surface area contributed by atoms with Gasteiger partial charge in [0.2, 0.25) is 5.91 Å². The van der Waals surface area contributed by atoms with Crippen LogP contribution in [0.5, 0.6) is 0 Å². The van der Waals surface area contributed by atoms with Gasteiger partial charge in [-0.2, -0.15) is 0 Å². The van der Waals surface area contributed by atoms with E-state index in [1.807, 2.05) is 24.3 Å². The molecule has 1 aromatic rings. The lowest BCUT2D eigenvalue weighted by Crippen LogP contribution is -2.47. The third-order valence-electron chi connectivity index (χ3n) is 3.17. The van der Waals surface area contributed by atoms with Crippen LogP contribution >= 0.6 is 11.8 Å². The molecule has 2 N–H and O–H groups in total. The highest BCUT2D eigenvalue weighted by Gasteiger charge is 2.31. The first-order valence-corrected chi connectivity index (χ1v) is 7.14. The van der Waals surface area contributed by atoms with E-state index in [2.05, 4.69) is 5.32 Å². The summed E-state index contributed by atoms with van der Waals surface area (Å²) in [5.41, 5.74) is 1.16. The molecule has 0 bridgehead atoms. The van der Waals surface area contributed by atoms with E-state index in [-0.39, 0.29) is 17.1 Å². The molecule has 0 aromatic heterocycles. The Morgan fingerprint density at radius 3 is 2.63 bits per heavy atom. The Bertz CT molecular complexity index is 476. The number of carbonyl (C=O) groups excluding carboxylic acids is 1. The monoisotopic (exact) mass is 279 g/mol. The molecule has 0 aliphatic carbocycles. The smallest absolute Gasteiger partial charge is 0.326 e. The minimum Gasteiger partial charge on any atom is -0.480 e. The second-order valence-corrected chi connectivity index (χ2v) is 6.23. The van der Waals surface area contributed by atoms with Crippen LogP contribution in [0.1, 0.15) is 19.4 Å². The molecule has 0 spiro atoms. The second kappa shape index (κ2) is 5.65. The van der Waals surface area contributed by atoms with Gasteiger partial charge in [-0.05, 0) is 24.0 Å². The van der Waals surface area contributed by atoms with Gasteiger partial charge in [-0.25, -0.2) is 4.79 Å². The van der Waals surface area contributed by atoms with Crippen molar-refractivity contribution in [2.45, 2.75) is 36.5 Å². The van der Waals surface area contributed by atoms with E-state index in [1.54, 1.807) is 13.8 Å². The van der Waals surface area contributed by atoms with Crippen molar-refractivity contribution in [1.82, 2.24) is 5.32 Å². The molecule has 0 saturated heterocycles. The predicted octanol–water partition coefficient (Wildman–Crippen LogP) is 1.93. The van der Waals surface area contributed by atoms with Crippen LogP contribution in [0.3, 0.4) is 0 Å². The number of carbonyl (C=O) groups is 2. The summed E-state index contributed by atoms with van der Waals surface area (Å²) in [6, 6.07) is 7.07. The summed E-state index contributed by atoms with van der Waals surface area (Å²) < 4.78 is 0.